The first-order chi connectivity index (χ1) is 8.66. The number of nitrogens with one attached hydrogen (secondary N) is 1. The molecular formula is C13H22N2O3. The molecule has 1 aliphatic heterocycles. The van der Waals surface area contributed by atoms with E-state index < -0.39 is 6.09 Å². The van der Waals surface area contributed by atoms with Crippen LogP contribution in [0.5, 0.6) is 0 Å². The van der Waals surface area contributed by atoms with E-state index in [1.165, 1.54) is 0 Å². The number of ether oxygens (including phenoxy) is 1. The van der Waals surface area contributed by atoms with Gasteiger partial charge in [-0.15, -0.1) is 0 Å². The van der Waals surface area contributed by atoms with Gasteiger partial charge in [-0.1, -0.05) is 0 Å². The predicted molar refractivity (Wildman–Crippen MR) is 67.1 cm³/mol. The lowest BCUT2D eigenvalue weighted by molar-refractivity contribution is -0.130. The van der Waals surface area contributed by atoms with Gasteiger partial charge in [0.1, 0.15) is 12.6 Å². The van der Waals surface area contributed by atoms with Crippen LogP contribution < -0.4 is 5.32 Å². The first-order valence-corrected chi connectivity index (χ1v) is 6.91. The molecule has 2 amide bonds. The number of likely N-dealkylation sites (tertiary alicyclic amines) is 1. The molecule has 18 heavy (non-hydrogen) atoms. The van der Waals surface area contributed by atoms with Crippen molar-refractivity contribution in [3.63, 3.8) is 0 Å². The van der Waals surface area contributed by atoms with E-state index >= 15 is 0 Å². The summed E-state index contributed by atoms with van der Waals surface area (Å²) in [6.07, 6.45) is 5.85. The number of rotatable bonds is 3. The quantitative estimate of drug-likeness (QED) is 0.833. The number of carbonyl (C=O) groups is 2. The van der Waals surface area contributed by atoms with Crippen molar-refractivity contribution in [2.24, 2.45) is 0 Å². The van der Waals surface area contributed by atoms with E-state index in [0.717, 1.165) is 45.1 Å². The zero-order valence-electron chi connectivity index (χ0n) is 11.0. The molecule has 5 heteroatoms. The summed E-state index contributed by atoms with van der Waals surface area (Å²) in [5, 5.41) is 2.55. The topological polar surface area (TPSA) is 58.6 Å². The number of nitrogens with zero attached hydrogens (tertiary/aromatic N) is 1. The van der Waals surface area contributed by atoms with Gasteiger partial charge in [-0.3, -0.25) is 4.79 Å². The second-order valence-corrected chi connectivity index (χ2v) is 5.24. The van der Waals surface area contributed by atoms with Crippen molar-refractivity contribution in [2.45, 2.75) is 57.6 Å². The molecule has 1 heterocycles. The highest BCUT2D eigenvalue weighted by molar-refractivity contribution is 5.82. The Labute approximate surface area is 108 Å². The molecule has 102 valence electrons. The van der Waals surface area contributed by atoms with Crippen LogP contribution in [0.3, 0.4) is 0 Å². The third-order valence-electron chi connectivity index (χ3n) is 3.83. The van der Waals surface area contributed by atoms with Gasteiger partial charge in [0, 0.05) is 12.6 Å². The Morgan fingerprint density at radius 2 is 1.94 bits per heavy atom. The van der Waals surface area contributed by atoms with Gasteiger partial charge >= 0.3 is 6.09 Å². The molecular weight excluding hydrogens is 232 g/mol. The molecule has 0 spiro atoms. The second kappa shape index (κ2) is 6.07. The van der Waals surface area contributed by atoms with Crippen LogP contribution in [-0.4, -0.2) is 42.1 Å². The normalized spacial score (nSPS) is 24.3. The lowest BCUT2D eigenvalue weighted by Gasteiger charge is -2.21. The third-order valence-corrected chi connectivity index (χ3v) is 3.83. The Morgan fingerprint density at radius 3 is 2.56 bits per heavy atom. The second-order valence-electron chi connectivity index (χ2n) is 5.24. The summed E-state index contributed by atoms with van der Waals surface area (Å²) in [6.45, 7) is 2.90. The van der Waals surface area contributed by atoms with Crippen LogP contribution in [0.2, 0.25) is 0 Å². The van der Waals surface area contributed by atoms with Gasteiger partial charge in [0.15, 0.2) is 0 Å². The fourth-order valence-corrected chi connectivity index (χ4v) is 2.75. The Bertz CT molecular complexity index is 313. The van der Waals surface area contributed by atoms with E-state index in [0.29, 0.717) is 6.04 Å². The average Bonchev–Trinajstić information content (AvgIpc) is 2.97. The number of hydrogen-bond donors (Lipinski definition) is 1. The van der Waals surface area contributed by atoms with Gasteiger partial charge < -0.3 is 15.0 Å². The summed E-state index contributed by atoms with van der Waals surface area (Å²) in [4.78, 5) is 25.2. The highest BCUT2D eigenvalue weighted by Gasteiger charge is 2.25. The first-order valence-electron chi connectivity index (χ1n) is 6.91. The maximum absolute atomic E-state index is 11.9. The molecule has 0 unspecified atom stereocenters. The third kappa shape index (κ3) is 3.37. The number of alkyl carbamates (subject to hydrolysis) is 1. The molecule has 1 atom stereocenters. The predicted octanol–water partition coefficient (Wildman–Crippen LogP) is 1.67. The highest BCUT2D eigenvalue weighted by atomic mass is 16.6. The van der Waals surface area contributed by atoms with E-state index in [1.54, 1.807) is 0 Å². The fraction of sp³-hybridized carbons (Fsp3) is 0.846. The van der Waals surface area contributed by atoms with Gasteiger partial charge in [-0.05, 0) is 45.4 Å². The van der Waals surface area contributed by atoms with Crippen LogP contribution in [0, 0.1) is 0 Å². The van der Waals surface area contributed by atoms with E-state index in [4.69, 9.17) is 4.74 Å². The molecule has 0 radical (unpaired) electrons. The summed E-state index contributed by atoms with van der Waals surface area (Å²) in [5.74, 6) is -0.0108. The molecule has 1 saturated heterocycles. The fourth-order valence-electron chi connectivity index (χ4n) is 2.75. The van der Waals surface area contributed by atoms with Gasteiger partial charge in [-0.2, -0.15) is 0 Å². The van der Waals surface area contributed by atoms with Crippen molar-refractivity contribution >= 4 is 12.0 Å². The summed E-state index contributed by atoms with van der Waals surface area (Å²) in [7, 11) is 0. The van der Waals surface area contributed by atoms with Crippen LogP contribution in [0.4, 0.5) is 4.79 Å². The van der Waals surface area contributed by atoms with Gasteiger partial charge in [0.25, 0.3) is 0 Å². The van der Waals surface area contributed by atoms with Crippen molar-refractivity contribution in [2.75, 3.05) is 13.1 Å². The Morgan fingerprint density at radius 1 is 1.22 bits per heavy atom. The standard InChI is InChI=1S/C13H22N2O3/c1-10-5-4-8-15(10)12(16)9-14-13(17)18-11-6-2-3-7-11/h10-11H,2-9H2,1H3,(H,14,17)/t10-/m1/s1. The lowest BCUT2D eigenvalue weighted by Crippen LogP contribution is -2.42. The molecule has 0 aromatic carbocycles. The molecule has 2 fully saturated rings. The molecule has 0 aromatic rings. The van der Waals surface area contributed by atoms with Crippen molar-refractivity contribution in [3.05, 3.63) is 0 Å². The SMILES string of the molecule is C[C@@H]1CCCN1C(=O)CNC(=O)OC1CCCC1. The van der Waals surface area contributed by atoms with E-state index in [-0.39, 0.29) is 18.6 Å². The van der Waals surface area contributed by atoms with Crippen molar-refractivity contribution < 1.29 is 14.3 Å². The minimum atomic E-state index is -0.456. The summed E-state index contributed by atoms with van der Waals surface area (Å²) in [5.41, 5.74) is 0. The molecule has 2 rings (SSSR count). The molecule has 0 bridgehead atoms. The maximum Gasteiger partial charge on any atom is 0.407 e. The Balaban J connectivity index is 1.67. The van der Waals surface area contributed by atoms with E-state index in [2.05, 4.69) is 5.32 Å². The van der Waals surface area contributed by atoms with Crippen LogP contribution in [0.25, 0.3) is 0 Å². The summed E-state index contributed by atoms with van der Waals surface area (Å²) in [6, 6.07) is 0.296. The molecule has 1 aliphatic carbocycles. The smallest absolute Gasteiger partial charge is 0.407 e. The van der Waals surface area contributed by atoms with E-state index in [9.17, 15) is 9.59 Å². The minimum absolute atomic E-state index is 0.0108. The Hall–Kier alpha value is -1.26. The molecule has 1 saturated carbocycles. The molecule has 2 aliphatic rings. The van der Waals surface area contributed by atoms with E-state index in [1.807, 2.05) is 11.8 Å². The molecule has 5 nitrogen and oxygen atoms in total. The molecule has 0 aromatic heterocycles. The summed E-state index contributed by atoms with van der Waals surface area (Å²) >= 11 is 0. The van der Waals surface area contributed by atoms with Crippen LogP contribution in [-0.2, 0) is 9.53 Å². The van der Waals surface area contributed by atoms with Crippen molar-refractivity contribution in [1.29, 1.82) is 0 Å². The van der Waals surface area contributed by atoms with Gasteiger partial charge in [0.05, 0.1) is 0 Å². The minimum Gasteiger partial charge on any atom is -0.446 e. The summed E-state index contributed by atoms with van der Waals surface area (Å²) < 4.78 is 5.23. The zero-order chi connectivity index (χ0) is 13.0. The number of amides is 2. The lowest BCUT2D eigenvalue weighted by atomic mass is 10.2. The zero-order valence-corrected chi connectivity index (χ0v) is 11.0. The average molecular weight is 254 g/mol. The van der Waals surface area contributed by atoms with Crippen LogP contribution in [0.1, 0.15) is 45.4 Å². The van der Waals surface area contributed by atoms with Crippen molar-refractivity contribution in [3.8, 4) is 0 Å². The highest BCUT2D eigenvalue weighted by Crippen LogP contribution is 2.20. The van der Waals surface area contributed by atoms with Gasteiger partial charge in [0.2, 0.25) is 5.91 Å². The first kappa shape index (κ1) is 13.2. The molecule has 1 N–H and O–H groups in total. The Kier molecular flexibility index (Phi) is 4.44. The van der Waals surface area contributed by atoms with Crippen molar-refractivity contribution in [1.82, 2.24) is 10.2 Å². The maximum atomic E-state index is 11.9. The van der Waals surface area contributed by atoms with Crippen LogP contribution in [0.15, 0.2) is 0 Å². The van der Waals surface area contributed by atoms with Crippen LogP contribution >= 0.6 is 0 Å². The number of hydrogen-bond acceptors (Lipinski definition) is 3. The monoisotopic (exact) mass is 254 g/mol. The largest absolute Gasteiger partial charge is 0.446 e. The van der Waals surface area contributed by atoms with Gasteiger partial charge in [-0.25, -0.2) is 4.79 Å². The number of carbonyl (C=O) groups excluding carboxylic acids is 2.